The second kappa shape index (κ2) is 15.2. The summed E-state index contributed by atoms with van der Waals surface area (Å²) in [5.41, 5.74) is 3.79. The van der Waals surface area contributed by atoms with Crippen LogP contribution >= 0.6 is 11.6 Å². The second-order valence-corrected chi connectivity index (χ2v) is 16.2. The normalized spacial score (nSPS) is 23.1. The molecule has 0 saturated heterocycles. The molecule has 1 saturated carbocycles. The number of nitrogens with zero attached hydrogens (tertiary/aromatic N) is 3. The fourth-order valence-corrected chi connectivity index (χ4v) is 9.58. The van der Waals surface area contributed by atoms with Gasteiger partial charge in [0.2, 0.25) is 15.0 Å². The number of benzene rings is 2. The Morgan fingerprint density at radius 2 is 1.96 bits per heavy atom. The average molecular weight is 708 g/mol. The number of hydrogen-bond donors (Lipinski definition) is 0. The minimum absolute atomic E-state index is 0.120. The number of fused-ring (bicyclic) bond motifs is 3. The maximum absolute atomic E-state index is 13.2. The fraction of sp³-hybridized carbons (Fsp3) is 0.500. The van der Waals surface area contributed by atoms with Gasteiger partial charge in [-0.05, 0) is 111 Å². The smallest absolute Gasteiger partial charge is 0.337 e. The van der Waals surface area contributed by atoms with E-state index in [2.05, 4.69) is 39.2 Å². The van der Waals surface area contributed by atoms with Gasteiger partial charge < -0.3 is 19.1 Å². The van der Waals surface area contributed by atoms with Crippen LogP contribution in [0.4, 0.5) is 5.69 Å². The summed E-state index contributed by atoms with van der Waals surface area (Å²) in [6, 6.07) is 13.5. The Morgan fingerprint density at radius 1 is 1.14 bits per heavy atom. The standard InChI is InChI=1S/C38H46ClN3O6S/c1-4-32(49(44,45)37-40-19-6-20-41-37)15-14-31(46-2)13-10-26-8-9-29(26)23-42-24-38(18-5-7-27-21-30(39)12-16-33(27)38)25-48-35-17-11-28(22-34(35)42)36(43)47-3/h6,10-13,16-17,19-22,26,29,31-32H,4-5,7-9,14-15,18,23-25H2,1-3H3/b13-10+/t26-,29-,31+,32+,38-/m0/s1. The zero-order chi connectivity index (χ0) is 34.6. The molecule has 1 aromatic heterocycles. The predicted molar refractivity (Wildman–Crippen MR) is 190 cm³/mol. The van der Waals surface area contributed by atoms with Gasteiger partial charge in [0.1, 0.15) is 5.75 Å². The number of aryl methyl sites for hydroxylation is 1. The largest absolute Gasteiger partial charge is 0.490 e. The van der Waals surface area contributed by atoms with Crippen LogP contribution in [0.25, 0.3) is 0 Å². The van der Waals surface area contributed by atoms with Crippen LogP contribution in [0.5, 0.6) is 5.75 Å². The molecule has 49 heavy (non-hydrogen) atoms. The number of rotatable bonds is 12. The summed E-state index contributed by atoms with van der Waals surface area (Å²) >= 11 is 6.43. The van der Waals surface area contributed by atoms with Crippen LogP contribution in [0.2, 0.25) is 5.02 Å². The fourth-order valence-electron chi connectivity index (χ4n) is 7.79. The van der Waals surface area contributed by atoms with E-state index in [1.807, 2.05) is 25.1 Å². The van der Waals surface area contributed by atoms with Crippen LogP contribution in [0.1, 0.15) is 73.4 Å². The van der Waals surface area contributed by atoms with Gasteiger partial charge in [-0.3, -0.25) is 0 Å². The lowest BCUT2D eigenvalue weighted by Gasteiger charge is -2.44. The lowest BCUT2D eigenvalue weighted by atomic mass is 9.69. The van der Waals surface area contributed by atoms with Crippen LogP contribution in [0, 0.1) is 11.8 Å². The molecule has 262 valence electrons. The van der Waals surface area contributed by atoms with Crippen molar-refractivity contribution in [1.82, 2.24) is 9.97 Å². The molecule has 0 radical (unpaired) electrons. The van der Waals surface area contributed by atoms with Crippen molar-refractivity contribution in [3.8, 4) is 5.75 Å². The van der Waals surface area contributed by atoms with Gasteiger partial charge in [-0.1, -0.05) is 36.7 Å². The molecule has 0 bridgehead atoms. The summed E-state index contributed by atoms with van der Waals surface area (Å²) in [5, 5.41) is 0.0553. The zero-order valence-electron chi connectivity index (χ0n) is 28.5. The number of methoxy groups -OCH3 is 2. The highest BCUT2D eigenvalue weighted by atomic mass is 35.5. The predicted octanol–water partition coefficient (Wildman–Crippen LogP) is 7.02. The van der Waals surface area contributed by atoms with Gasteiger partial charge in [-0.25, -0.2) is 23.2 Å². The molecule has 2 heterocycles. The van der Waals surface area contributed by atoms with Gasteiger partial charge in [-0.2, -0.15) is 0 Å². The number of ether oxygens (including phenoxy) is 3. The van der Waals surface area contributed by atoms with Crippen LogP contribution < -0.4 is 9.64 Å². The molecule has 0 N–H and O–H groups in total. The summed E-state index contributed by atoms with van der Waals surface area (Å²) in [4.78, 5) is 23.0. The molecule has 3 aliphatic rings. The van der Waals surface area contributed by atoms with E-state index in [4.69, 9.17) is 25.8 Å². The first-order valence-electron chi connectivity index (χ1n) is 17.3. The number of carbonyl (C=O) groups is 1. The third kappa shape index (κ3) is 7.51. The quantitative estimate of drug-likeness (QED) is 0.112. The second-order valence-electron chi connectivity index (χ2n) is 13.6. The number of allylic oxidation sites excluding steroid dienone is 1. The zero-order valence-corrected chi connectivity index (χ0v) is 30.1. The summed E-state index contributed by atoms with van der Waals surface area (Å²) in [6.07, 6.45) is 13.8. The van der Waals surface area contributed by atoms with Crippen molar-refractivity contribution in [2.24, 2.45) is 11.8 Å². The van der Waals surface area contributed by atoms with Gasteiger partial charge in [0, 0.05) is 43.0 Å². The van der Waals surface area contributed by atoms with E-state index in [-0.39, 0.29) is 22.6 Å². The van der Waals surface area contributed by atoms with Crippen molar-refractivity contribution >= 4 is 33.1 Å². The Labute approximate surface area is 294 Å². The Balaban J connectivity index is 1.20. The van der Waals surface area contributed by atoms with Crippen molar-refractivity contribution in [1.29, 1.82) is 0 Å². The van der Waals surface area contributed by atoms with Crippen molar-refractivity contribution in [2.75, 3.05) is 38.8 Å². The number of halogens is 1. The number of hydrogen-bond acceptors (Lipinski definition) is 9. The minimum atomic E-state index is -3.63. The monoisotopic (exact) mass is 707 g/mol. The number of sulfone groups is 1. The first kappa shape index (κ1) is 35.4. The van der Waals surface area contributed by atoms with Crippen LogP contribution in [-0.4, -0.2) is 69.6 Å². The molecule has 6 rings (SSSR count). The SMILES string of the molecule is CC[C@H](CC[C@@H](/C=C/[C@@H]1CC[C@H]1CN1C[C@@]2(CCCc3cc(Cl)ccc32)COc2ccc(C(=O)OC)cc21)OC)S(=O)(=O)c1ncccn1. The summed E-state index contributed by atoms with van der Waals surface area (Å²) in [7, 11) is -0.555. The highest BCUT2D eigenvalue weighted by Gasteiger charge is 2.43. The molecule has 1 spiro atoms. The highest BCUT2D eigenvalue weighted by Crippen LogP contribution is 2.46. The number of carbonyl (C=O) groups excluding carboxylic acids is 1. The number of esters is 1. The van der Waals surface area contributed by atoms with Crippen LogP contribution in [0.15, 0.2) is 72.2 Å². The van der Waals surface area contributed by atoms with E-state index in [1.165, 1.54) is 30.6 Å². The topological polar surface area (TPSA) is 108 Å². The van der Waals surface area contributed by atoms with Gasteiger partial charge in [0.15, 0.2) is 0 Å². The molecular weight excluding hydrogens is 662 g/mol. The van der Waals surface area contributed by atoms with Crippen molar-refractivity contribution in [2.45, 2.75) is 80.2 Å². The first-order chi connectivity index (χ1) is 23.7. The third-order valence-corrected chi connectivity index (χ3v) is 13.1. The van der Waals surface area contributed by atoms with E-state index >= 15 is 0 Å². The van der Waals surface area contributed by atoms with Gasteiger partial charge in [0.05, 0.1) is 36.3 Å². The van der Waals surface area contributed by atoms with E-state index in [9.17, 15) is 13.2 Å². The molecule has 9 nitrogen and oxygen atoms in total. The van der Waals surface area contributed by atoms with Gasteiger partial charge >= 0.3 is 5.97 Å². The molecule has 11 heteroatoms. The lowest BCUT2D eigenvalue weighted by molar-refractivity contribution is 0.0600. The Bertz CT molecular complexity index is 1770. The van der Waals surface area contributed by atoms with E-state index in [1.54, 1.807) is 19.2 Å². The Morgan fingerprint density at radius 3 is 2.67 bits per heavy atom. The Kier molecular flexibility index (Phi) is 11.0. The van der Waals surface area contributed by atoms with E-state index in [0.29, 0.717) is 43.3 Å². The van der Waals surface area contributed by atoms with Crippen LogP contribution in [-0.2, 0) is 31.1 Å². The Hall–Kier alpha value is -3.47. The van der Waals surface area contributed by atoms with Crippen molar-refractivity contribution in [3.63, 3.8) is 0 Å². The molecule has 5 atom stereocenters. The van der Waals surface area contributed by atoms with E-state index < -0.39 is 15.1 Å². The molecular formula is C38H46ClN3O6S. The molecule has 2 aromatic carbocycles. The third-order valence-electron chi connectivity index (χ3n) is 10.7. The van der Waals surface area contributed by atoms with Crippen LogP contribution in [0.3, 0.4) is 0 Å². The maximum Gasteiger partial charge on any atom is 0.337 e. The van der Waals surface area contributed by atoms with Crippen molar-refractivity contribution < 1.29 is 27.4 Å². The molecule has 0 unspecified atom stereocenters. The maximum atomic E-state index is 13.2. The van der Waals surface area contributed by atoms with Crippen molar-refractivity contribution in [3.05, 3.63) is 88.7 Å². The average Bonchev–Trinajstić information content (AvgIpc) is 3.26. The summed E-state index contributed by atoms with van der Waals surface area (Å²) in [5.74, 6) is 1.15. The molecule has 1 aliphatic heterocycles. The minimum Gasteiger partial charge on any atom is -0.490 e. The number of aromatic nitrogens is 2. The molecule has 2 aliphatic carbocycles. The van der Waals surface area contributed by atoms with Gasteiger partial charge in [-0.15, -0.1) is 0 Å². The molecule has 1 fully saturated rings. The first-order valence-corrected chi connectivity index (χ1v) is 19.2. The lowest BCUT2D eigenvalue weighted by Crippen LogP contribution is -2.48. The van der Waals surface area contributed by atoms with E-state index in [0.717, 1.165) is 61.7 Å². The number of anilines is 1. The highest BCUT2D eigenvalue weighted by molar-refractivity contribution is 7.91. The summed E-state index contributed by atoms with van der Waals surface area (Å²) in [6.45, 7) is 4.01. The molecule has 0 amide bonds. The molecule has 3 aromatic rings. The van der Waals surface area contributed by atoms with Gasteiger partial charge in [0.25, 0.3) is 0 Å². The summed E-state index contributed by atoms with van der Waals surface area (Å²) < 4.78 is 43.8.